The van der Waals surface area contributed by atoms with E-state index in [0.29, 0.717) is 22.2 Å². The lowest BCUT2D eigenvalue weighted by Gasteiger charge is -2.17. The number of ether oxygens (including phenoxy) is 1. The van der Waals surface area contributed by atoms with Crippen LogP contribution in [0.1, 0.15) is 41.6 Å². The molecule has 0 radical (unpaired) electrons. The second-order valence-electron chi connectivity index (χ2n) is 7.40. The number of nitrogens with one attached hydrogen (secondary N) is 2. The average molecular weight is 379 g/mol. The van der Waals surface area contributed by atoms with Crippen molar-refractivity contribution in [1.82, 2.24) is 10.2 Å². The minimum Gasteiger partial charge on any atom is -0.452 e. The molecule has 2 aromatic carbocycles. The lowest BCUT2D eigenvalue weighted by atomic mass is 9.95. The van der Waals surface area contributed by atoms with Gasteiger partial charge in [-0.25, -0.2) is 4.79 Å². The second kappa shape index (κ2) is 7.64. The summed E-state index contributed by atoms with van der Waals surface area (Å²) in [5.74, 6) is -1.13. The van der Waals surface area contributed by atoms with Gasteiger partial charge in [0.2, 0.25) is 5.91 Å². The summed E-state index contributed by atoms with van der Waals surface area (Å²) in [5.41, 5.74) is 1.32. The molecule has 0 unspecified atom stereocenters. The third-order valence-electron chi connectivity index (χ3n) is 4.14. The third kappa shape index (κ3) is 4.25. The average Bonchev–Trinajstić information content (AvgIpc) is 3.10. The van der Waals surface area contributed by atoms with Crippen LogP contribution in [0.5, 0.6) is 0 Å². The molecular weight excluding hydrogens is 358 g/mol. The summed E-state index contributed by atoms with van der Waals surface area (Å²) in [4.78, 5) is 36.5. The number of aromatic nitrogens is 2. The number of aromatic amines is 1. The summed E-state index contributed by atoms with van der Waals surface area (Å²) in [5, 5.41) is 10.1. The van der Waals surface area contributed by atoms with E-state index in [2.05, 4.69) is 15.5 Å². The number of para-hydroxylation sites is 1. The number of amides is 1. The Labute approximate surface area is 162 Å². The van der Waals surface area contributed by atoms with Crippen LogP contribution in [0.4, 0.5) is 5.69 Å². The number of Topliss-reactive ketones (excluding diaryl/α,β-unsaturated/α-hetero) is 1. The van der Waals surface area contributed by atoms with Gasteiger partial charge in [-0.2, -0.15) is 5.10 Å². The van der Waals surface area contributed by atoms with Gasteiger partial charge in [-0.05, 0) is 30.3 Å². The van der Waals surface area contributed by atoms with Gasteiger partial charge in [0.25, 0.3) is 0 Å². The Kier molecular flexibility index (Phi) is 5.26. The van der Waals surface area contributed by atoms with Crippen LogP contribution in [0.3, 0.4) is 0 Å². The molecule has 28 heavy (non-hydrogen) atoms. The Morgan fingerprint density at radius 3 is 2.39 bits per heavy atom. The van der Waals surface area contributed by atoms with E-state index in [4.69, 9.17) is 4.74 Å². The standard InChI is InChI=1S/C21H21N3O4/c1-21(2,3)20(27)22-14-10-8-13(9-11-14)17(25)12-28-19(26)18-15-6-4-5-7-16(15)23-24-18/h4-11H,12H2,1-3H3,(H,22,27)(H,23,24). The van der Waals surface area contributed by atoms with Gasteiger partial charge < -0.3 is 10.1 Å². The van der Waals surface area contributed by atoms with E-state index in [-0.39, 0.29) is 17.4 Å². The van der Waals surface area contributed by atoms with Crippen LogP contribution in [0.2, 0.25) is 0 Å². The maximum absolute atomic E-state index is 12.3. The summed E-state index contributed by atoms with van der Waals surface area (Å²) in [7, 11) is 0. The first-order valence-electron chi connectivity index (χ1n) is 8.80. The molecule has 0 spiro atoms. The molecule has 0 aliphatic carbocycles. The predicted octanol–water partition coefficient (Wildman–Crippen LogP) is 3.59. The Balaban J connectivity index is 1.60. The monoisotopic (exact) mass is 379 g/mol. The van der Waals surface area contributed by atoms with E-state index in [0.717, 1.165) is 0 Å². The molecule has 3 aromatic rings. The molecule has 1 heterocycles. The largest absolute Gasteiger partial charge is 0.452 e. The van der Waals surface area contributed by atoms with Crippen molar-refractivity contribution in [2.45, 2.75) is 20.8 Å². The van der Waals surface area contributed by atoms with E-state index in [1.54, 1.807) is 42.5 Å². The zero-order valence-electron chi connectivity index (χ0n) is 15.9. The van der Waals surface area contributed by atoms with Gasteiger partial charge in [-0.1, -0.05) is 39.0 Å². The number of hydrogen-bond acceptors (Lipinski definition) is 5. The van der Waals surface area contributed by atoms with Crippen molar-refractivity contribution in [3.8, 4) is 0 Å². The van der Waals surface area contributed by atoms with E-state index >= 15 is 0 Å². The fourth-order valence-corrected chi connectivity index (χ4v) is 2.46. The summed E-state index contributed by atoms with van der Waals surface area (Å²) >= 11 is 0. The Bertz CT molecular complexity index is 1030. The number of esters is 1. The SMILES string of the molecule is CC(C)(C)C(=O)Nc1ccc(C(=O)COC(=O)c2n[nH]c3ccccc23)cc1. The summed E-state index contributed by atoms with van der Waals surface area (Å²) < 4.78 is 5.11. The fraction of sp³-hybridized carbons (Fsp3) is 0.238. The maximum atomic E-state index is 12.3. The summed E-state index contributed by atoms with van der Waals surface area (Å²) in [6.45, 7) is 5.05. The van der Waals surface area contributed by atoms with Crippen molar-refractivity contribution >= 4 is 34.3 Å². The number of carbonyl (C=O) groups excluding carboxylic acids is 3. The van der Waals surface area contributed by atoms with Crippen molar-refractivity contribution in [2.24, 2.45) is 5.41 Å². The van der Waals surface area contributed by atoms with Crippen molar-refractivity contribution in [2.75, 3.05) is 11.9 Å². The number of ketones is 1. The van der Waals surface area contributed by atoms with Gasteiger partial charge in [0, 0.05) is 22.1 Å². The van der Waals surface area contributed by atoms with Gasteiger partial charge in [0.1, 0.15) is 0 Å². The van der Waals surface area contributed by atoms with Crippen LogP contribution in [0.15, 0.2) is 48.5 Å². The molecule has 0 aliphatic rings. The molecule has 1 aromatic heterocycles. The molecule has 7 nitrogen and oxygen atoms in total. The zero-order chi connectivity index (χ0) is 20.3. The molecule has 0 atom stereocenters. The Hall–Kier alpha value is -3.48. The van der Waals surface area contributed by atoms with Crippen LogP contribution in [-0.4, -0.2) is 34.5 Å². The minimum atomic E-state index is -0.667. The van der Waals surface area contributed by atoms with Crippen molar-refractivity contribution in [1.29, 1.82) is 0 Å². The second-order valence-corrected chi connectivity index (χ2v) is 7.40. The molecule has 144 valence electrons. The van der Waals surface area contributed by atoms with Crippen molar-refractivity contribution < 1.29 is 19.1 Å². The molecule has 1 amide bonds. The first-order valence-corrected chi connectivity index (χ1v) is 8.80. The number of nitrogens with zero attached hydrogens (tertiary/aromatic N) is 1. The highest BCUT2D eigenvalue weighted by Gasteiger charge is 2.21. The Morgan fingerprint density at radius 2 is 1.71 bits per heavy atom. The number of hydrogen-bond donors (Lipinski definition) is 2. The van der Waals surface area contributed by atoms with Crippen LogP contribution in [-0.2, 0) is 9.53 Å². The number of H-pyrrole nitrogens is 1. The highest BCUT2D eigenvalue weighted by molar-refractivity contribution is 6.04. The van der Waals surface area contributed by atoms with Gasteiger partial charge in [-0.15, -0.1) is 0 Å². The normalized spacial score (nSPS) is 11.2. The number of carbonyl (C=O) groups is 3. The van der Waals surface area contributed by atoms with E-state index in [9.17, 15) is 14.4 Å². The summed E-state index contributed by atoms with van der Waals surface area (Å²) in [6, 6.07) is 13.6. The maximum Gasteiger partial charge on any atom is 0.359 e. The molecule has 2 N–H and O–H groups in total. The molecular formula is C21H21N3O4. The number of fused-ring (bicyclic) bond motifs is 1. The van der Waals surface area contributed by atoms with E-state index in [1.165, 1.54) is 0 Å². The molecule has 0 saturated heterocycles. The first-order chi connectivity index (χ1) is 13.3. The van der Waals surface area contributed by atoms with Gasteiger partial charge in [0.15, 0.2) is 18.1 Å². The molecule has 0 fully saturated rings. The lowest BCUT2D eigenvalue weighted by Crippen LogP contribution is -2.27. The molecule has 0 bridgehead atoms. The number of anilines is 1. The van der Waals surface area contributed by atoms with Crippen LogP contribution >= 0.6 is 0 Å². The zero-order valence-corrected chi connectivity index (χ0v) is 15.9. The van der Waals surface area contributed by atoms with Crippen LogP contribution in [0, 0.1) is 5.41 Å². The first kappa shape index (κ1) is 19.3. The Morgan fingerprint density at radius 1 is 1.04 bits per heavy atom. The van der Waals surface area contributed by atoms with Crippen molar-refractivity contribution in [3.63, 3.8) is 0 Å². The smallest absolute Gasteiger partial charge is 0.359 e. The molecule has 0 saturated carbocycles. The highest BCUT2D eigenvalue weighted by Crippen LogP contribution is 2.18. The minimum absolute atomic E-state index is 0.119. The lowest BCUT2D eigenvalue weighted by molar-refractivity contribution is -0.123. The van der Waals surface area contributed by atoms with Crippen molar-refractivity contribution in [3.05, 3.63) is 59.8 Å². The number of rotatable bonds is 5. The highest BCUT2D eigenvalue weighted by atomic mass is 16.5. The predicted molar refractivity (Wildman–Crippen MR) is 105 cm³/mol. The topological polar surface area (TPSA) is 101 Å². The van der Waals surface area contributed by atoms with E-state index < -0.39 is 18.0 Å². The van der Waals surface area contributed by atoms with Gasteiger partial charge in [-0.3, -0.25) is 14.7 Å². The van der Waals surface area contributed by atoms with Gasteiger partial charge >= 0.3 is 5.97 Å². The van der Waals surface area contributed by atoms with E-state index in [1.807, 2.05) is 26.8 Å². The van der Waals surface area contributed by atoms with Crippen LogP contribution in [0.25, 0.3) is 10.9 Å². The molecule has 7 heteroatoms. The summed E-state index contributed by atoms with van der Waals surface area (Å²) in [6.07, 6.45) is 0. The van der Waals surface area contributed by atoms with Gasteiger partial charge in [0.05, 0.1) is 5.52 Å². The van der Waals surface area contributed by atoms with Crippen LogP contribution < -0.4 is 5.32 Å². The number of benzene rings is 2. The fourth-order valence-electron chi connectivity index (χ4n) is 2.46. The third-order valence-corrected chi connectivity index (χ3v) is 4.14. The molecule has 3 rings (SSSR count). The quantitative estimate of drug-likeness (QED) is 0.521. The molecule has 0 aliphatic heterocycles.